The zero-order chi connectivity index (χ0) is 18.6. The van der Waals surface area contributed by atoms with E-state index in [1.165, 1.54) is 30.4 Å². The number of rotatable bonds is 6. The fraction of sp³-hybridized carbons (Fsp3) is 0.294. The zero-order valence-corrected chi connectivity index (χ0v) is 14.9. The minimum absolute atomic E-state index is 0.244. The van der Waals surface area contributed by atoms with Crippen molar-refractivity contribution in [2.45, 2.75) is 33.2 Å². The molecule has 1 atom stereocenters. The summed E-state index contributed by atoms with van der Waals surface area (Å²) in [6.45, 7) is 5.16. The molecule has 0 saturated heterocycles. The molecule has 0 aliphatic rings. The van der Waals surface area contributed by atoms with Crippen LogP contribution in [-0.2, 0) is 11.2 Å². The number of amides is 2. The lowest BCUT2D eigenvalue weighted by atomic mass is 10.2. The molecule has 8 heteroatoms. The maximum Gasteiger partial charge on any atom is 0.325 e. The number of nitrogens with one attached hydrogen (secondary N) is 2. The monoisotopic (exact) mass is 361 g/mol. The van der Waals surface area contributed by atoms with Gasteiger partial charge in [-0.2, -0.15) is 0 Å². The van der Waals surface area contributed by atoms with Gasteiger partial charge < -0.3 is 15.7 Å². The van der Waals surface area contributed by atoms with Crippen LogP contribution in [0.1, 0.15) is 44.6 Å². The van der Waals surface area contributed by atoms with E-state index in [2.05, 4.69) is 15.6 Å². The largest absolute Gasteiger partial charge is 0.480 e. The second kappa shape index (κ2) is 7.89. The second-order valence-electron chi connectivity index (χ2n) is 5.44. The highest BCUT2D eigenvalue weighted by Crippen LogP contribution is 2.20. The van der Waals surface area contributed by atoms with Crippen molar-refractivity contribution in [3.05, 3.63) is 45.4 Å². The van der Waals surface area contributed by atoms with Gasteiger partial charge in [-0.3, -0.25) is 14.4 Å². The van der Waals surface area contributed by atoms with E-state index in [1.807, 2.05) is 6.92 Å². The van der Waals surface area contributed by atoms with Gasteiger partial charge in [0.05, 0.1) is 10.7 Å². The highest BCUT2D eigenvalue weighted by atomic mass is 32.1. The number of benzene rings is 1. The fourth-order valence-electron chi connectivity index (χ4n) is 2.05. The molecule has 0 saturated carbocycles. The van der Waals surface area contributed by atoms with Crippen molar-refractivity contribution in [2.75, 3.05) is 5.32 Å². The average Bonchev–Trinajstić information content (AvgIpc) is 2.96. The zero-order valence-electron chi connectivity index (χ0n) is 14.1. The van der Waals surface area contributed by atoms with Crippen LogP contribution in [-0.4, -0.2) is 33.9 Å². The molecule has 0 bridgehead atoms. The van der Waals surface area contributed by atoms with E-state index in [9.17, 15) is 14.4 Å². The van der Waals surface area contributed by atoms with Crippen molar-refractivity contribution in [3.63, 3.8) is 0 Å². The van der Waals surface area contributed by atoms with E-state index in [1.54, 1.807) is 19.1 Å². The Morgan fingerprint density at radius 1 is 1.20 bits per heavy atom. The number of thiazole rings is 1. The number of carbonyl (C=O) groups is 3. The third-order valence-electron chi connectivity index (χ3n) is 3.47. The van der Waals surface area contributed by atoms with Crippen LogP contribution in [0.4, 0.5) is 5.69 Å². The summed E-state index contributed by atoms with van der Waals surface area (Å²) in [6, 6.07) is 5.26. The third kappa shape index (κ3) is 4.63. The molecule has 1 aromatic heterocycles. The van der Waals surface area contributed by atoms with E-state index < -0.39 is 17.9 Å². The number of nitrogens with zero attached hydrogens (tertiary/aromatic N) is 1. The van der Waals surface area contributed by atoms with Crippen LogP contribution in [0.25, 0.3) is 0 Å². The third-order valence-corrected chi connectivity index (χ3v) is 4.77. The smallest absolute Gasteiger partial charge is 0.325 e. The Kier molecular flexibility index (Phi) is 5.87. The van der Waals surface area contributed by atoms with Gasteiger partial charge in [-0.1, -0.05) is 6.92 Å². The molecular formula is C17H19N3O4S. The summed E-state index contributed by atoms with van der Waals surface area (Å²) < 4.78 is 0. The van der Waals surface area contributed by atoms with E-state index in [4.69, 9.17) is 5.11 Å². The highest BCUT2D eigenvalue weighted by Gasteiger charge is 2.17. The molecular weight excluding hydrogens is 342 g/mol. The van der Waals surface area contributed by atoms with E-state index >= 15 is 0 Å². The Hall–Kier alpha value is -2.74. The molecule has 0 fully saturated rings. The minimum Gasteiger partial charge on any atom is -0.480 e. The first-order chi connectivity index (χ1) is 11.8. The van der Waals surface area contributed by atoms with Gasteiger partial charge in [0.15, 0.2) is 0 Å². The molecule has 1 aromatic carbocycles. The number of hydrogen-bond acceptors (Lipinski definition) is 5. The summed E-state index contributed by atoms with van der Waals surface area (Å²) in [4.78, 5) is 39.9. The molecule has 0 aliphatic heterocycles. The van der Waals surface area contributed by atoms with Gasteiger partial charge in [-0.25, -0.2) is 4.98 Å². The maximum absolute atomic E-state index is 12.3. The minimum atomic E-state index is -1.11. The highest BCUT2D eigenvalue weighted by molar-refractivity contribution is 7.13. The molecule has 3 N–H and O–H groups in total. The molecule has 2 aromatic rings. The number of aromatic nitrogens is 1. The summed E-state index contributed by atoms with van der Waals surface area (Å²) in [5, 5.41) is 14.8. The summed E-state index contributed by atoms with van der Waals surface area (Å²) in [5.74, 6) is -1.84. The van der Waals surface area contributed by atoms with Crippen LogP contribution >= 0.6 is 11.3 Å². The van der Waals surface area contributed by atoms with Crippen molar-refractivity contribution in [1.82, 2.24) is 10.3 Å². The van der Waals surface area contributed by atoms with E-state index in [0.717, 1.165) is 11.4 Å². The van der Waals surface area contributed by atoms with Crippen molar-refractivity contribution in [3.8, 4) is 0 Å². The normalized spacial score (nSPS) is 11.6. The standard InChI is InChI=1S/C17H19N3O4S/c1-4-13-18-9(2)14(25-13)16(22)20-12-7-5-11(6-8-12)15(21)19-10(3)17(23)24/h5-8,10H,4H2,1-3H3,(H,19,21)(H,20,22)(H,23,24). The van der Waals surface area contributed by atoms with Gasteiger partial charge in [0.25, 0.3) is 11.8 Å². The predicted molar refractivity (Wildman–Crippen MR) is 95.2 cm³/mol. The summed E-state index contributed by atoms with van der Waals surface area (Å²) in [6.07, 6.45) is 0.775. The van der Waals surface area contributed by atoms with Gasteiger partial charge in [0.1, 0.15) is 10.9 Å². The number of carbonyl (C=O) groups excluding carboxylic acids is 2. The Labute approximate surface area is 149 Å². The van der Waals surface area contributed by atoms with Crippen LogP contribution in [0.3, 0.4) is 0 Å². The Balaban J connectivity index is 2.04. The van der Waals surface area contributed by atoms with Gasteiger partial charge in [-0.05, 0) is 44.5 Å². The second-order valence-corrected chi connectivity index (χ2v) is 6.52. The number of carboxylic acids is 1. The molecule has 0 aliphatic carbocycles. The van der Waals surface area contributed by atoms with Crippen LogP contribution in [0.5, 0.6) is 0 Å². The topological polar surface area (TPSA) is 108 Å². The molecule has 0 spiro atoms. The lowest BCUT2D eigenvalue weighted by Crippen LogP contribution is -2.38. The van der Waals surface area contributed by atoms with E-state index in [0.29, 0.717) is 21.8 Å². The van der Waals surface area contributed by atoms with E-state index in [-0.39, 0.29) is 5.91 Å². The lowest BCUT2D eigenvalue weighted by molar-refractivity contribution is -0.138. The quantitative estimate of drug-likeness (QED) is 0.732. The fourth-order valence-corrected chi connectivity index (χ4v) is 2.95. The molecule has 25 heavy (non-hydrogen) atoms. The van der Waals surface area contributed by atoms with Gasteiger partial charge >= 0.3 is 5.97 Å². The number of hydrogen-bond donors (Lipinski definition) is 3. The molecule has 1 heterocycles. The molecule has 0 radical (unpaired) electrons. The number of aryl methyl sites for hydroxylation is 2. The number of aliphatic carboxylic acids is 1. The summed E-state index contributed by atoms with van der Waals surface area (Å²) >= 11 is 1.36. The van der Waals surface area contributed by atoms with Crippen molar-refractivity contribution in [2.24, 2.45) is 0 Å². The Morgan fingerprint density at radius 3 is 2.36 bits per heavy atom. The predicted octanol–water partition coefficient (Wildman–Crippen LogP) is 2.47. The van der Waals surface area contributed by atoms with Crippen molar-refractivity contribution < 1.29 is 19.5 Å². The summed E-state index contributed by atoms with van der Waals surface area (Å²) in [7, 11) is 0. The van der Waals surface area contributed by atoms with Gasteiger partial charge in [0, 0.05) is 11.3 Å². The van der Waals surface area contributed by atoms with Gasteiger partial charge in [0.2, 0.25) is 0 Å². The number of anilines is 1. The lowest BCUT2D eigenvalue weighted by Gasteiger charge is -2.10. The first-order valence-electron chi connectivity index (χ1n) is 7.73. The SMILES string of the molecule is CCc1nc(C)c(C(=O)Nc2ccc(C(=O)NC(C)C(=O)O)cc2)s1. The first-order valence-corrected chi connectivity index (χ1v) is 8.54. The van der Waals surface area contributed by atoms with Crippen molar-refractivity contribution in [1.29, 1.82) is 0 Å². The Bertz CT molecular complexity index is 799. The molecule has 7 nitrogen and oxygen atoms in total. The van der Waals surface area contributed by atoms with Crippen LogP contribution in [0, 0.1) is 6.92 Å². The van der Waals surface area contributed by atoms with Gasteiger partial charge in [-0.15, -0.1) is 11.3 Å². The molecule has 2 rings (SSSR count). The first kappa shape index (κ1) is 18.6. The number of carboxylic acid groups (broad SMARTS) is 1. The molecule has 1 unspecified atom stereocenters. The van der Waals surface area contributed by atoms with Crippen LogP contribution < -0.4 is 10.6 Å². The molecule has 2 amide bonds. The van der Waals surface area contributed by atoms with Crippen molar-refractivity contribution >= 4 is 34.8 Å². The molecule has 132 valence electrons. The Morgan fingerprint density at radius 2 is 1.84 bits per heavy atom. The average molecular weight is 361 g/mol. The maximum atomic E-state index is 12.3. The summed E-state index contributed by atoms with van der Waals surface area (Å²) in [5.41, 5.74) is 1.55. The van der Waals surface area contributed by atoms with Crippen LogP contribution in [0.15, 0.2) is 24.3 Å². The van der Waals surface area contributed by atoms with Crippen LogP contribution in [0.2, 0.25) is 0 Å².